The van der Waals surface area contributed by atoms with Crippen molar-refractivity contribution in [3.8, 4) is 0 Å². The van der Waals surface area contributed by atoms with Crippen LogP contribution in [0.2, 0.25) is 0 Å². The van der Waals surface area contributed by atoms with Crippen molar-refractivity contribution in [2.45, 2.75) is 12.8 Å². The Morgan fingerprint density at radius 3 is 1.33 bits per heavy atom. The molecule has 0 aromatic carbocycles. The Morgan fingerprint density at radius 2 is 1.22 bits per heavy atom. The van der Waals surface area contributed by atoms with Gasteiger partial charge in [-0.25, -0.2) is 0 Å². The van der Waals surface area contributed by atoms with E-state index in [2.05, 4.69) is 0 Å². The average Bonchev–Trinajstić information content (AvgIpc) is 1.61. The summed E-state index contributed by atoms with van der Waals surface area (Å²) < 4.78 is 0. The van der Waals surface area contributed by atoms with E-state index in [4.69, 9.17) is 10.2 Å². The van der Waals surface area contributed by atoms with Gasteiger partial charge in [0.05, 0.1) is 12.8 Å². The molecule has 0 bridgehead atoms. The quantitative estimate of drug-likeness (QED) is 0.575. The number of carboxylic acid groups (broad SMARTS) is 2. The Kier molecular flexibility index (Phi) is 7.36. The molecule has 0 unspecified atom stereocenters. The minimum Gasteiger partial charge on any atom is -0.481 e. The maximum Gasteiger partial charge on any atom is 0.303 e. The van der Waals surface area contributed by atoms with Crippen LogP contribution in [0.3, 0.4) is 0 Å². The van der Waals surface area contributed by atoms with E-state index in [1.54, 1.807) is 0 Å². The molecule has 50 valence electrons. The molecule has 0 aromatic heterocycles. The number of carboxylic acids is 2. The largest absolute Gasteiger partial charge is 0.481 e. The van der Waals surface area contributed by atoms with Gasteiger partial charge in [0, 0.05) is 21.7 Å². The molecular weight excluding hydrogens is 160 g/mol. The van der Waals surface area contributed by atoms with Crippen LogP contribution in [0.25, 0.3) is 0 Å². The fraction of sp³-hybridized carbons (Fsp3) is 0.500. The summed E-state index contributed by atoms with van der Waals surface area (Å²) in [7, 11) is 0. The summed E-state index contributed by atoms with van der Waals surface area (Å²) in [6, 6.07) is 0. The first-order valence-electron chi connectivity index (χ1n) is 2.06. The molecule has 9 heavy (non-hydrogen) atoms. The second-order valence-electron chi connectivity index (χ2n) is 1.29. The van der Waals surface area contributed by atoms with E-state index in [1.807, 2.05) is 0 Å². The van der Waals surface area contributed by atoms with E-state index in [-0.39, 0.29) is 34.6 Å². The second-order valence-corrected chi connectivity index (χ2v) is 1.29. The third kappa shape index (κ3) is 11.3. The third-order valence-electron chi connectivity index (χ3n) is 0.553. The van der Waals surface area contributed by atoms with Crippen molar-refractivity contribution in [3.05, 3.63) is 0 Å². The van der Waals surface area contributed by atoms with Crippen LogP contribution in [0.5, 0.6) is 0 Å². The first-order valence-corrected chi connectivity index (χ1v) is 2.06. The molecule has 0 aliphatic rings. The molecule has 0 aliphatic carbocycles. The number of hydrogen-bond donors (Lipinski definition) is 2. The Balaban J connectivity index is 0. The smallest absolute Gasteiger partial charge is 0.303 e. The van der Waals surface area contributed by atoms with Crippen LogP contribution in [-0.4, -0.2) is 22.2 Å². The normalized spacial score (nSPS) is 7.56. The maximum atomic E-state index is 9.64. The molecular formula is C4H6O4Ti. The SMILES string of the molecule is O=C(O)CCC(=O)O.[Ti]. The fourth-order valence-corrected chi connectivity index (χ4v) is 0.214. The zero-order valence-electron chi connectivity index (χ0n) is 4.63. The Hall–Kier alpha value is -0.346. The molecule has 0 saturated carbocycles. The summed E-state index contributed by atoms with van der Waals surface area (Å²) in [5.74, 6) is -2.15. The van der Waals surface area contributed by atoms with E-state index in [1.165, 1.54) is 0 Å². The van der Waals surface area contributed by atoms with Gasteiger partial charge in [-0.2, -0.15) is 0 Å². The first-order chi connectivity index (χ1) is 3.63. The van der Waals surface area contributed by atoms with Crippen molar-refractivity contribution >= 4 is 11.9 Å². The van der Waals surface area contributed by atoms with Crippen molar-refractivity contribution in [2.24, 2.45) is 0 Å². The molecule has 5 heteroatoms. The van der Waals surface area contributed by atoms with Gasteiger partial charge in [0.2, 0.25) is 0 Å². The molecule has 0 spiro atoms. The van der Waals surface area contributed by atoms with Crippen LogP contribution in [-0.2, 0) is 31.3 Å². The molecule has 2 N–H and O–H groups in total. The van der Waals surface area contributed by atoms with Gasteiger partial charge in [0.25, 0.3) is 0 Å². The van der Waals surface area contributed by atoms with Crippen molar-refractivity contribution in [1.82, 2.24) is 0 Å². The Labute approximate surface area is 66.8 Å². The van der Waals surface area contributed by atoms with Crippen LogP contribution in [0.4, 0.5) is 0 Å². The molecule has 0 fully saturated rings. The van der Waals surface area contributed by atoms with Gasteiger partial charge in [-0.05, 0) is 0 Å². The van der Waals surface area contributed by atoms with E-state index in [0.29, 0.717) is 0 Å². The monoisotopic (exact) mass is 166 g/mol. The predicted octanol–water partition coefficient (Wildman–Crippen LogP) is -0.0667. The number of aliphatic carboxylic acids is 2. The summed E-state index contributed by atoms with van der Waals surface area (Å²) >= 11 is 0. The third-order valence-corrected chi connectivity index (χ3v) is 0.553. The van der Waals surface area contributed by atoms with E-state index >= 15 is 0 Å². The molecule has 4 nitrogen and oxygen atoms in total. The predicted molar refractivity (Wildman–Crippen MR) is 24.5 cm³/mol. The van der Waals surface area contributed by atoms with E-state index in [9.17, 15) is 9.59 Å². The fourth-order valence-electron chi connectivity index (χ4n) is 0.214. The van der Waals surface area contributed by atoms with Crippen molar-refractivity contribution in [2.75, 3.05) is 0 Å². The van der Waals surface area contributed by atoms with Gasteiger partial charge in [-0.1, -0.05) is 0 Å². The van der Waals surface area contributed by atoms with Crippen LogP contribution < -0.4 is 0 Å². The van der Waals surface area contributed by atoms with Crippen molar-refractivity contribution in [3.63, 3.8) is 0 Å². The van der Waals surface area contributed by atoms with Gasteiger partial charge < -0.3 is 10.2 Å². The number of rotatable bonds is 3. The Morgan fingerprint density at radius 1 is 1.00 bits per heavy atom. The second kappa shape index (κ2) is 5.78. The van der Waals surface area contributed by atoms with Gasteiger partial charge in [-0.3, -0.25) is 9.59 Å². The van der Waals surface area contributed by atoms with Gasteiger partial charge >= 0.3 is 11.9 Å². The van der Waals surface area contributed by atoms with E-state index in [0.717, 1.165) is 0 Å². The maximum absolute atomic E-state index is 9.64. The number of carbonyl (C=O) groups is 2. The van der Waals surface area contributed by atoms with Crippen LogP contribution in [0, 0.1) is 0 Å². The number of hydrogen-bond acceptors (Lipinski definition) is 2. The zero-order chi connectivity index (χ0) is 6.57. The minimum atomic E-state index is -1.08. The zero-order valence-corrected chi connectivity index (χ0v) is 6.19. The minimum absolute atomic E-state index is 0. The topological polar surface area (TPSA) is 74.6 Å². The summed E-state index contributed by atoms with van der Waals surface area (Å²) in [5.41, 5.74) is 0. The summed E-state index contributed by atoms with van der Waals surface area (Å²) in [5, 5.41) is 15.8. The molecule has 0 heterocycles. The summed E-state index contributed by atoms with van der Waals surface area (Å²) in [6.45, 7) is 0. The van der Waals surface area contributed by atoms with Gasteiger partial charge in [0.15, 0.2) is 0 Å². The molecule has 0 aromatic rings. The molecule has 0 atom stereocenters. The van der Waals surface area contributed by atoms with Gasteiger partial charge in [0.1, 0.15) is 0 Å². The molecule has 0 aliphatic heterocycles. The molecule has 0 amide bonds. The molecule has 0 rings (SSSR count). The van der Waals surface area contributed by atoms with Crippen molar-refractivity contribution < 1.29 is 41.5 Å². The average molecular weight is 166 g/mol. The Bertz CT molecular complexity index is 97.1. The van der Waals surface area contributed by atoms with Crippen LogP contribution in [0.1, 0.15) is 12.8 Å². The standard InChI is InChI=1S/C4H6O4.Ti/c5-3(6)1-2-4(7)8;/h1-2H2,(H,5,6)(H,7,8);. The van der Waals surface area contributed by atoms with Crippen molar-refractivity contribution in [1.29, 1.82) is 0 Å². The van der Waals surface area contributed by atoms with Gasteiger partial charge in [-0.15, -0.1) is 0 Å². The summed E-state index contributed by atoms with van der Waals surface area (Å²) in [4.78, 5) is 19.3. The molecule has 0 saturated heterocycles. The first kappa shape index (κ1) is 11.5. The summed E-state index contributed by atoms with van der Waals surface area (Å²) in [6.07, 6.45) is -0.593. The van der Waals surface area contributed by atoms with Crippen LogP contribution >= 0.6 is 0 Å². The van der Waals surface area contributed by atoms with Crippen LogP contribution in [0.15, 0.2) is 0 Å². The van der Waals surface area contributed by atoms with E-state index < -0.39 is 11.9 Å². The molecule has 0 radical (unpaired) electrons.